The van der Waals surface area contributed by atoms with E-state index in [4.69, 9.17) is 14.5 Å². The molecule has 0 atom stereocenters. The standard InChI is InChI=1S/C31H33NO4S.ClH/c1-4-15-35-24-14-13-21(17-25(24)36-16-5-2)30-23(18-27(33)34)28(20-11-9-19(3)10-12-20)29-22-7-6-8-26(22)37-31(29)32-30;/h9-14,17H,4-8,15-16,18H2,1-3H3,(H,33,34);1H. The Morgan fingerprint density at radius 3 is 2.34 bits per heavy atom. The Morgan fingerprint density at radius 2 is 1.66 bits per heavy atom. The van der Waals surface area contributed by atoms with Crippen LogP contribution in [0.5, 0.6) is 11.5 Å². The van der Waals surface area contributed by atoms with E-state index in [0.29, 0.717) is 30.4 Å². The van der Waals surface area contributed by atoms with Gasteiger partial charge in [-0.05, 0) is 79.5 Å². The molecule has 0 radical (unpaired) electrons. The fraction of sp³-hybridized carbons (Fsp3) is 0.355. The number of aryl methyl sites for hydroxylation is 3. The first-order valence-corrected chi connectivity index (χ1v) is 14.0. The maximum atomic E-state index is 12.2. The lowest BCUT2D eigenvalue weighted by atomic mass is 9.90. The van der Waals surface area contributed by atoms with Gasteiger partial charge in [-0.3, -0.25) is 4.79 Å². The molecule has 0 bridgehead atoms. The summed E-state index contributed by atoms with van der Waals surface area (Å²) in [5.41, 5.74) is 6.85. The number of halogens is 1. The highest BCUT2D eigenvalue weighted by atomic mass is 35.5. The fourth-order valence-electron chi connectivity index (χ4n) is 5.08. The summed E-state index contributed by atoms with van der Waals surface area (Å²) in [4.78, 5) is 19.7. The average Bonchev–Trinajstić information content (AvgIpc) is 3.48. The lowest BCUT2D eigenvalue weighted by molar-refractivity contribution is -0.136. The van der Waals surface area contributed by atoms with Gasteiger partial charge < -0.3 is 14.6 Å². The van der Waals surface area contributed by atoms with Gasteiger partial charge in [0, 0.05) is 15.8 Å². The van der Waals surface area contributed by atoms with E-state index in [-0.39, 0.29) is 18.8 Å². The van der Waals surface area contributed by atoms with Gasteiger partial charge in [-0.1, -0.05) is 43.7 Å². The number of benzene rings is 2. The number of hydrogen-bond acceptors (Lipinski definition) is 5. The Balaban J connectivity index is 0.00000336. The maximum absolute atomic E-state index is 12.2. The van der Waals surface area contributed by atoms with Crippen LogP contribution in [0.15, 0.2) is 42.5 Å². The van der Waals surface area contributed by atoms with Crippen LogP contribution in [0.25, 0.3) is 32.6 Å². The molecule has 200 valence electrons. The average molecular weight is 552 g/mol. The predicted octanol–water partition coefficient (Wildman–Crippen LogP) is 8.05. The molecule has 4 aromatic rings. The summed E-state index contributed by atoms with van der Waals surface area (Å²) < 4.78 is 12.0. The highest BCUT2D eigenvalue weighted by Gasteiger charge is 2.27. The number of aliphatic carboxylic acids is 1. The highest BCUT2D eigenvalue weighted by Crippen LogP contribution is 2.46. The lowest BCUT2D eigenvalue weighted by Crippen LogP contribution is -2.07. The zero-order chi connectivity index (χ0) is 25.9. The largest absolute Gasteiger partial charge is 0.490 e. The molecular weight excluding hydrogens is 518 g/mol. The molecule has 1 aliphatic carbocycles. The zero-order valence-corrected chi connectivity index (χ0v) is 23.8. The minimum Gasteiger partial charge on any atom is -0.490 e. The molecule has 2 aromatic heterocycles. The Kier molecular flexibility index (Phi) is 8.95. The SMILES string of the molecule is CCCOc1ccc(-c2nc3sc4c(c3c(-c3ccc(C)cc3)c2CC(=O)O)CCC4)cc1OCCC.Cl. The third-order valence-corrected chi connectivity index (χ3v) is 7.95. The number of pyridine rings is 1. The van der Waals surface area contributed by atoms with Crippen molar-refractivity contribution in [1.29, 1.82) is 0 Å². The van der Waals surface area contributed by atoms with Crippen LogP contribution in [0, 0.1) is 6.92 Å². The summed E-state index contributed by atoms with van der Waals surface area (Å²) >= 11 is 1.75. The number of carboxylic acid groups (broad SMARTS) is 1. The van der Waals surface area contributed by atoms with E-state index < -0.39 is 5.97 Å². The van der Waals surface area contributed by atoms with Crippen LogP contribution in [0.3, 0.4) is 0 Å². The van der Waals surface area contributed by atoms with E-state index >= 15 is 0 Å². The second-order valence-electron chi connectivity index (χ2n) is 9.65. The lowest BCUT2D eigenvalue weighted by Gasteiger charge is -2.18. The highest BCUT2D eigenvalue weighted by molar-refractivity contribution is 7.19. The molecule has 38 heavy (non-hydrogen) atoms. The van der Waals surface area contributed by atoms with Gasteiger partial charge >= 0.3 is 5.97 Å². The van der Waals surface area contributed by atoms with Gasteiger partial charge in [0.1, 0.15) is 4.83 Å². The van der Waals surface area contributed by atoms with Crippen molar-refractivity contribution >= 4 is 39.9 Å². The van der Waals surface area contributed by atoms with Crippen molar-refractivity contribution in [3.8, 4) is 33.9 Å². The molecule has 1 N–H and O–H groups in total. The molecule has 0 unspecified atom stereocenters. The minimum absolute atomic E-state index is 0. The molecule has 5 nitrogen and oxygen atoms in total. The molecule has 0 spiro atoms. The Hall–Kier alpha value is -3.09. The van der Waals surface area contributed by atoms with Crippen molar-refractivity contribution < 1.29 is 19.4 Å². The van der Waals surface area contributed by atoms with E-state index in [1.54, 1.807) is 11.3 Å². The van der Waals surface area contributed by atoms with E-state index in [2.05, 4.69) is 45.0 Å². The van der Waals surface area contributed by atoms with Gasteiger partial charge in [-0.2, -0.15) is 0 Å². The van der Waals surface area contributed by atoms with Gasteiger partial charge in [0.25, 0.3) is 0 Å². The van der Waals surface area contributed by atoms with Gasteiger partial charge in [-0.25, -0.2) is 4.98 Å². The number of carboxylic acids is 1. The summed E-state index contributed by atoms with van der Waals surface area (Å²) in [6, 6.07) is 14.3. The molecule has 2 aromatic carbocycles. The summed E-state index contributed by atoms with van der Waals surface area (Å²) in [6.45, 7) is 7.39. The number of aromatic nitrogens is 1. The number of carbonyl (C=O) groups is 1. The molecule has 5 rings (SSSR count). The van der Waals surface area contributed by atoms with Crippen LogP contribution in [-0.2, 0) is 24.1 Å². The Morgan fingerprint density at radius 1 is 0.974 bits per heavy atom. The van der Waals surface area contributed by atoms with Crippen LogP contribution in [0.2, 0.25) is 0 Å². The number of thiophene rings is 1. The summed E-state index contributed by atoms with van der Waals surface area (Å²) in [7, 11) is 0. The number of nitrogens with zero attached hydrogens (tertiary/aromatic N) is 1. The van der Waals surface area contributed by atoms with Crippen molar-refractivity contribution in [1.82, 2.24) is 4.98 Å². The van der Waals surface area contributed by atoms with Crippen LogP contribution >= 0.6 is 23.7 Å². The van der Waals surface area contributed by atoms with Crippen molar-refractivity contribution in [3.63, 3.8) is 0 Å². The van der Waals surface area contributed by atoms with E-state index in [9.17, 15) is 9.90 Å². The van der Waals surface area contributed by atoms with Crippen molar-refractivity contribution in [2.24, 2.45) is 0 Å². The smallest absolute Gasteiger partial charge is 0.307 e. The molecule has 0 saturated carbocycles. The van der Waals surface area contributed by atoms with Gasteiger partial charge in [-0.15, -0.1) is 23.7 Å². The predicted molar refractivity (Wildman–Crippen MR) is 157 cm³/mol. The molecule has 1 aliphatic rings. The van der Waals surface area contributed by atoms with Crippen LogP contribution in [0.1, 0.15) is 54.7 Å². The van der Waals surface area contributed by atoms with Crippen LogP contribution in [0.4, 0.5) is 0 Å². The fourth-order valence-corrected chi connectivity index (χ4v) is 6.35. The normalized spacial score (nSPS) is 12.3. The Bertz CT molecular complexity index is 1450. The first-order valence-electron chi connectivity index (χ1n) is 13.2. The van der Waals surface area contributed by atoms with Gasteiger partial charge in [0.2, 0.25) is 0 Å². The van der Waals surface area contributed by atoms with E-state index in [1.807, 2.05) is 18.2 Å². The summed E-state index contributed by atoms with van der Waals surface area (Å²) in [5.74, 6) is 0.503. The second-order valence-corrected chi connectivity index (χ2v) is 10.7. The zero-order valence-electron chi connectivity index (χ0n) is 22.1. The van der Waals surface area contributed by atoms with Crippen molar-refractivity contribution in [2.75, 3.05) is 13.2 Å². The minimum atomic E-state index is -0.868. The first kappa shape index (κ1) is 27.9. The van der Waals surface area contributed by atoms with Crippen LogP contribution in [-0.4, -0.2) is 29.3 Å². The van der Waals surface area contributed by atoms with E-state index in [0.717, 1.165) is 64.6 Å². The maximum Gasteiger partial charge on any atom is 0.307 e. The molecule has 7 heteroatoms. The third kappa shape index (κ3) is 5.52. The molecule has 0 aliphatic heterocycles. The quantitative estimate of drug-likeness (QED) is 0.216. The number of rotatable bonds is 10. The summed E-state index contributed by atoms with van der Waals surface area (Å²) in [5, 5.41) is 11.1. The van der Waals surface area contributed by atoms with Crippen LogP contribution < -0.4 is 9.47 Å². The van der Waals surface area contributed by atoms with Gasteiger partial charge in [0.05, 0.1) is 25.3 Å². The third-order valence-electron chi connectivity index (χ3n) is 6.76. The van der Waals surface area contributed by atoms with Crippen molar-refractivity contribution in [3.05, 3.63) is 64.0 Å². The molecule has 0 amide bonds. The topological polar surface area (TPSA) is 68.7 Å². The van der Waals surface area contributed by atoms with Crippen molar-refractivity contribution in [2.45, 2.75) is 59.3 Å². The molecule has 2 heterocycles. The molecule has 0 fully saturated rings. The second kappa shape index (κ2) is 12.2. The monoisotopic (exact) mass is 551 g/mol. The Labute approximate surface area is 234 Å². The van der Waals surface area contributed by atoms with Gasteiger partial charge in [0.15, 0.2) is 11.5 Å². The molecular formula is C31H34ClNO4S. The summed E-state index contributed by atoms with van der Waals surface area (Å²) in [6.07, 6.45) is 4.89. The number of hydrogen-bond donors (Lipinski definition) is 1. The number of fused-ring (bicyclic) bond motifs is 3. The molecule has 0 saturated heterocycles. The van der Waals surface area contributed by atoms with E-state index in [1.165, 1.54) is 16.0 Å². The first-order chi connectivity index (χ1) is 18.0. The number of ether oxygens (including phenoxy) is 2.